The lowest BCUT2D eigenvalue weighted by atomic mass is 9.96. The lowest BCUT2D eigenvalue weighted by Gasteiger charge is -2.31. The molecule has 1 fully saturated rings. The van der Waals surface area contributed by atoms with Crippen molar-refractivity contribution in [2.24, 2.45) is 0 Å². The summed E-state index contributed by atoms with van der Waals surface area (Å²) in [6, 6.07) is 7.39. The fraction of sp³-hybridized carbons (Fsp3) is 0.440. The molecule has 0 amide bonds. The third-order valence-electron chi connectivity index (χ3n) is 7.24. The fourth-order valence-electron chi connectivity index (χ4n) is 5.46. The molecule has 1 saturated carbocycles. The van der Waals surface area contributed by atoms with E-state index in [4.69, 9.17) is 17.3 Å². The predicted molar refractivity (Wildman–Crippen MR) is 142 cm³/mol. The Morgan fingerprint density at radius 1 is 1.06 bits per heavy atom. The van der Waals surface area contributed by atoms with Crippen LogP contribution in [0.5, 0.6) is 0 Å². The van der Waals surface area contributed by atoms with Crippen molar-refractivity contribution in [3.63, 3.8) is 0 Å². The van der Waals surface area contributed by atoms with Gasteiger partial charge in [0.1, 0.15) is 0 Å². The first-order valence-electron chi connectivity index (χ1n) is 12.3. The largest absolute Gasteiger partial charge is 0.368 e. The number of rotatable bonds is 4. The van der Waals surface area contributed by atoms with Crippen molar-refractivity contribution in [1.82, 2.24) is 29.6 Å². The molecule has 182 valence electrons. The summed E-state index contributed by atoms with van der Waals surface area (Å²) in [4.78, 5) is 15.9. The molecule has 1 aliphatic heterocycles. The fourth-order valence-corrected chi connectivity index (χ4v) is 6.59. The molecule has 0 saturated heterocycles. The van der Waals surface area contributed by atoms with Gasteiger partial charge in [-0.25, -0.2) is 4.98 Å². The van der Waals surface area contributed by atoms with Crippen LogP contribution in [0.25, 0.3) is 16.0 Å². The van der Waals surface area contributed by atoms with Gasteiger partial charge in [0.05, 0.1) is 10.2 Å². The number of fused-ring (bicyclic) bond motifs is 2. The van der Waals surface area contributed by atoms with E-state index in [-0.39, 0.29) is 11.2 Å². The summed E-state index contributed by atoms with van der Waals surface area (Å²) in [6.45, 7) is 4.35. The van der Waals surface area contributed by atoms with Crippen LogP contribution in [0.15, 0.2) is 23.6 Å². The summed E-state index contributed by atoms with van der Waals surface area (Å²) in [5.74, 6) is 1.21. The van der Waals surface area contributed by atoms with Gasteiger partial charge in [-0.1, -0.05) is 18.9 Å². The van der Waals surface area contributed by atoms with E-state index < -0.39 is 0 Å². The second-order valence-electron chi connectivity index (χ2n) is 9.55. The molecule has 4 heterocycles. The summed E-state index contributed by atoms with van der Waals surface area (Å²) in [5, 5.41) is 10.1. The maximum Gasteiger partial charge on any atom is 0.248 e. The number of benzene rings is 1. The van der Waals surface area contributed by atoms with E-state index >= 15 is 0 Å². The van der Waals surface area contributed by atoms with Gasteiger partial charge in [-0.15, -0.1) is 16.4 Å². The van der Waals surface area contributed by atoms with Gasteiger partial charge >= 0.3 is 0 Å². The Hall–Kier alpha value is -2.75. The van der Waals surface area contributed by atoms with Crippen LogP contribution in [-0.4, -0.2) is 48.8 Å². The molecule has 1 aromatic carbocycles. The third-order valence-corrected chi connectivity index (χ3v) is 8.50. The van der Waals surface area contributed by atoms with Crippen LogP contribution < -0.4 is 11.1 Å². The second kappa shape index (κ2) is 9.37. The summed E-state index contributed by atoms with van der Waals surface area (Å²) in [5.41, 5.74) is 11.9. The Morgan fingerprint density at radius 3 is 2.77 bits per heavy atom. The highest BCUT2D eigenvalue weighted by Gasteiger charge is 2.24. The van der Waals surface area contributed by atoms with Gasteiger partial charge in [0.15, 0.2) is 5.82 Å². The number of anilines is 3. The first-order valence-corrected chi connectivity index (χ1v) is 13.6. The second-order valence-corrected chi connectivity index (χ2v) is 10.8. The van der Waals surface area contributed by atoms with Crippen LogP contribution in [0, 0.1) is 6.92 Å². The minimum atomic E-state index is 0.159. The average molecular weight is 509 g/mol. The van der Waals surface area contributed by atoms with E-state index in [2.05, 4.69) is 48.5 Å². The Bertz CT molecular complexity index is 1370. The lowest BCUT2D eigenvalue weighted by Crippen LogP contribution is -2.37. The smallest absolute Gasteiger partial charge is 0.248 e. The van der Waals surface area contributed by atoms with Gasteiger partial charge in [0.25, 0.3) is 0 Å². The van der Waals surface area contributed by atoms with Crippen molar-refractivity contribution in [2.75, 3.05) is 24.1 Å². The van der Waals surface area contributed by atoms with Crippen LogP contribution in [0.4, 0.5) is 17.6 Å². The van der Waals surface area contributed by atoms with E-state index in [9.17, 15) is 0 Å². The van der Waals surface area contributed by atoms with Gasteiger partial charge < -0.3 is 16.0 Å². The Morgan fingerprint density at radius 2 is 1.91 bits per heavy atom. The van der Waals surface area contributed by atoms with E-state index in [0.717, 1.165) is 46.9 Å². The van der Waals surface area contributed by atoms with E-state index in [0.29, 0.717) is 11.8 Å². The van der Waals surface area contributed by atoms with Gasteiger partial charge in [0.2, 0.25) is 17.2 Å². The van der Waals surface area contributed by atoms with E-state index in [1.165, 1.54) is 54.5 Å². The van der Waals surface area contributed by atoms with E-state index in [1.54, 1.807) is 11.3 Å². The first-order chi connectivity index (χ1) is 17.0. The molecule has 0 spiro atoms. The van der Waals surface area contributed by atoms with Gasteiger partial charge in [-0.05, 0) is 91.4 Å². The molecule has 0 bridgehead atoms. The van der Waals surface area contributed by atoms with Gasteiger partial charge in [-0.3, -0.25) is 0 Å². The number of hydrogen-bond acceptors (Lipinski definition) is 8. The van der Waals surface area contributed by atoms with Crippen molar-refractivity contribution in [2.45, 2.75) is 57.9 Å². The lowest BCUT2D eigenvalue weighted by molar-refractivity contribution is 0.195. The molecule has 0 unspecified atom stereocenters. The molecule has 0 atom stereocenters. The summed E-state index contributed by atoms with van der Waals surface area (Å²) in [6.07, 6.45) is 8.92. The molecule has 6 rings (SSSR count). The summed E-state index contributed by atoms with van der Waals surface area (Å²) in [7, 11) is 0. The number of halogens is 1. The third kappa shape index (κ3) is 4.48. The Balaban J connectivity index is 1.23. The van der Waals surface area contributed by atoms with Crippen molar-refractivity contribution in [1.29, 1.82) is 0 Å². The zero-order chi connectivity index (χ0) is 23.9. The van der Waals surface area contributed by atoms with Crippen LogP contribution in [0.1, 0.15) is 48.8 Å². The highest BCUT2D eigenvalue weighted by atomic mass is 35.5. The van der Waals surface area contributed by atoms with Crippen molar-refractivity contribution >= 4 is 50.7 Å². The number of thiophene rings is 1. The topological polar surface area (TPSA) is 97.8 Å². The number of aryl methyl sites for hydroxylation is 2. The van der Waals surface area contributed by atoms with Gasteiger partial charge in [-0.2, -0.15) is 14.6 Å². The van der Waals surface area contributed by atoms with Gasteiger partial charge in [0, 0.05) is 18.3 Å². The number of nitrogen functional groups attached to an aromatic ring is 1. The number of nitrogens with zero attached hydrogens (tertiary/aromatic N) is 6. The summed E-state index contributed by atoms with van der Waals surface area (Å²) >= 11 is 7.73. The van der Waals surface area contributed by atoms with Crippen LogP contribution in [0.2, 0.25) is 5.28 Å². The normalized spacial score (nSPS) is 17.4. The minimum Gasteiger partial charge on any atom is -0.368 e. The zero-order valence-corrected chi connectivity index (χ0v) is 21.4. The van der Waals surface area contributed by atoms with Crippen molar-refractivity contribution < 1.29 is 0 Å². The molecule has 4 aromatic rings. The highest BCUT2D eigenvalue weighted by molar-refractivity contribution is 7.17. The maximum absolute atomic E-state index is 6.23. The summed E-state index contributed by atoms with van der Waals surface area (Å²) < 4.78 is 2.40. The molecule has 2 aliphatic rings. The predicted octanol–water partition coefficient (Wildman–Crippen LogP) is 5.29. The van der Waals surface area contributed by atoms with Crippen LogP contribution >= 0.6 is 22.9 Å². The van der Waals surface area contributed by atoms with Crippen molar-refractivity contribution in [3.8, 4) is 5.82 Å². The standard InChI is InChI=1S/C25H29ClN8S/c1-15-14-35-21-20(15)29-23(26)30-22(21)34-24(27)31-25(32-34)28-18-9-8-16-10-12-33(19-6-2-3-7-19)11-4-5-17(16)13-18/h8-9,13-14,19H,2-7,10-12H2,1H3,(H3,27,28,31,32). The molecule has 35 heavy (non-hydrogen) atoms. The minimum absolute atomic E-state index is 0.159. The molecular weight excluding hydrogens is 480 g/mol. The molecule has 3 N–H and O–H groups in total. The quantitative estimate of drug-likeness (QED) is 0.361. The molecular formula is C25H29ClN8S. The maximum atomic E-state index is 6.23. The Labute approximate surface area is 213 Å². The molecule has 3 aromatic heterocycles. The highest BCUT2D eigenvalue weighted by Crippen LogP contribution is 2.31. The van der Waals surface area contributed by atoms with Crippen molar-refractivity contribution in [3.05, 3.63) is 45.6 Å². The zero-order valence-electron chi connectivity index (χ0n) is 19.8. The molecule has 0 radical (unpaired) electrons. The average Bonchev–Trinajstić information content (AvgIpc) is 3.56. The molecule has 8 nitrogen and oxygen atoms in total. The van der Waals surface area contributed by atoms with E-state index in [1.807, 2.05) is 12.3 Å². The number of aromatic nitrogens is 5. The Kier molecular flexibility index (Phi) is 6.07. The molecule has 1 aliphatic carbocycles. The first kappa shape index (κ1) is 22.7. The number of hydrogen-bond donors (Lipinski definition) is 2. The number of nitrogens with one attached hydrogen (secondary N) is 1. The monoisotopic (exact) mass is 508 g/mol. The SMILES string of the molecule is Cc1csc2c(-n3nc(Nc4ccc5c(c4)CCCN(C4CCCC4)CC5)nc3N)nc(Cl)nc12. The number of nitrogens with two attached hydrogens (primary N) is 1. The molecule has 10 heteroatoms. The van der Waals surface area contributed by atoms with Crippen LogP contribution in [-0.2, 0) is 12.8 Å². The van der Waals surface area contributed by atoms with Crippen LogP contribution in [0.3, 0.4) is 0 Å².